The van der Waals surface area contributed by atoms with E-state index in [0.717, 1.165) is 37.2 Å². The monoisotopic (exact) mass is 289 g/mol. The summed E-state index contributed by atoms with van der Waals surface area (Å²) in [7, 11) is 0. The fourth-order valence-corrected chi connectivity index (χ4v) is 2.93. The lowest BCUT2D eigenvalue weighted by atomic mass is 10.0. The zero-order chi connectivity index (χ0) is 14.7. The number of nitrogens with two attached hydrogens (primary N) is 1. The molecule has 114 valence electrons. The third kappa shape index (κ3) is 3.29. The van der Waals surface area contributed by atoms with Gasteiger partial charge in [0.25, 0.3) is 0 Å². The van der Waals surface area contributed by atoms with E-state index in [1.165, 1.54) is 0 Å². The van der Waals surface area contributed by atoms with E-state index in [9.17, 15) is 0 Å². The van der Waals surface area contributed by atoms with Gasteiger partial charge in [0.15, 0.2) is 5.96 Å². The van der Waals surface area contributed by atoms with E-state index >= 15 is 0 Å². The number of hydrogen-bond donors (Lipinski definition) is 2. The predicted octanol–water partition coefficient (Wildman–Crippen LogP) is 1.98. The van der Waals surface area contributed by atoms with Gasteiger partial charge in [-0.1, -0.05) is 18.2 Å². The number of aliphatic imine (C=N–C) groups is 1. The minimum Gasteiger partial charge on any atom is -0.493 e. The van der Waals surface area contributed by atoms with Crippen LogP contribution in [0.15, 0.2) is 29.3 Å². The molecule has 3 rings (SSSR count). The second-order valence-corrected chi connectivity index (χ2v) is 5.98. The highest BCUT2D eigenvalue weighted by Gasteiger charge is 2.29. The third-order valence-electron chi connectivity index (χ3n) is 4.16. The molecule has 0 spiro atoms. The van der Waals surface area contributed by atoms with Crippen molar-refractivity contribution in [3.05, 3.63) is 29.8 Å². The van der Waals surface area contributed by atoms with Gasteiger partial charge in [0.2, 0.25) is 0 Å². The third-order valence-corrected chi connectivity index (χ3v) is 4.16. The topological polar surface area (TPSA) is 68.9 Å². The maximum absolute atomic E-state index is 6.04. The molecule has 0 radical (unpaired) electrons. The summed E-state index contributed by atoms with van der Waals surface area (Å²) < 4.78 is 11.4. The molecule has 5 heteroatoms. The quantitative estimate of drug-likeness (QED) is 0.659. The van der Waals surface area contributed by atoms with Gasteiger partial charge in [0, 0.05) is 18.6 Å². The molecule has 1 aromatic carbocycles. The minimum absolute atomic E-state index is 0.153. The molecular formula is C16H23N3O2. The average molecular weight is 289 g/mol. The van der Waals surface area contributed by atoms with Crippen LogP contribution in [0, 0.1) is 0 Å². The number of nitrogens with one attached hydrogen (secondary N) is 1. The zero-order valence-electron chi connectivity index (χ0n) is 12.5. The second kappa shape index (κ2) is 5.93. The van der Waals surface area contributed by atoms with Crippen LogP contribution in [0.4, 0.5) is 0 Å². The Morgan fingerprint density at radius 3 is 3.10 bits per heavy atom. The number of rotatable bonds is 3. The molecule has 5 nitrogen and oxygen atoms in total. The van der Waals surface area contributed by atoms with Gasteiger partial charge in [-0.2, -0.15) is 0 Å². The van der Waals surface area contributed by atoms with Gasteiger partial charge in [0.05, 0.1) is 24.8 Å². The Morgan fingerprint density at radius 1 is 1.43 bits per heavy atom. The fourth-order valence-electron chi connectivity index (χ4n) is 2.93. The molecule has 0 aromatic heterocycles. The van der Waals surface area contributed by atoms with Crippen molar-refractivity contribution in [1.29, 1.82) is 0 Å². The van der Waals surface area contributed by atoms with Gasteiger partial charge in [-0.25, -0.2) is 0 Å². The summed E-state index contributed by atoms with van der Waals surface area (Å²) >= 11 is 0. The van der Waals surface area contributed by atoms with Crippen molar-refractivity contribution in [2.75, 3.05) is 19.8 Å². The van der Waals surface area contributed by atoms with E-state index in [2.05, 4.69) is 23.3 Å². The number of nitrogens with zero attached hydrogens (tertiary/aromatic N) is 1. The van der Waals surface area contributed by atoms with Crippen molar-refractivity contribution in [3.63, 3.8) is 0 Å². The highest BCUT2D eigenvalue weighted by Crippen LogP contribution is 2.31. The smallest absolute Gasteiger partial charge is 0.189 e. The Balaban J connectivity index is 1.64. The van der Waals surface area contributed by atoms with Crippen LogP contribution < -0.4 is 15.8 Å². The molecule has 0 amide bonds. The van der Waals surface area contributed by atoms with Gasteiger partial charge in [-0.15, -0.1) is 0 Å². The first-order valence-electron chi connectivity index (χ1n) is 7.58. The van der Waals surface area contributed by atoms with Crippen molar-refractivity contribution < 1.29 is 9.47 Å². The van der Waals surface area contributed by atoms with Crippen molar-refractivity contribution in [2.24, 2.45) is 10.7 Å². The van der Waals surface area contributed by atoms with Crippen LogP contribution >= 0.6 is 0 Å². The first-order valence-corrected chi connectivity index (χ1v) is 7.58. The largest absolute Gasteiger partial charge is 0.493 e. The fraction of sp³-hybridized carbons (Fsp3) is 0.562. The Hall–Kier alpha value is -1.75. The molecule has 2 aliphatic rings. The lowest BCUT2D eigenvalue weighted by molar-refractivity contribution is 0.0284. The molecule has 1 fully saturated rings. The van der Waals surface area contributed by atoms with Crippen LogP contribution in [-0.2, 0) is 4.74 Å². The van der Waals surface area contributed by atoms with Crippen LogP contribution in [0.25, 0.3) is 0 Å². The second-order valence-electron chi connectivity index (χ2n) is 5.98. The molecule has 0 aliphatic carbocycles. The summed E-state index contributed by atoms with van der Waals surface area (Å²) in [5.74, 6) is 1.41. The standard InChI is InChI=1S/C16H23N3O2/c1-16(8-4-9-21-16)11-18-15(17)19-13-7-10-20-14-6-3-2-5-12(13)14/h2-3,5-6,13H,4,7-11H2,1H3,(H3,17,18,19). The van der Waals surface area contributed by atoms with E-state index in [0.29, 0.717) is 19.1 Å². The minimum atomic E-state index is -0.153. The van der Waals surface area contributed by atoms with Crippen molar-refractivity contribution in [2.45, 2.75) is 37.8 Å². The highest BCUT2D eigenvalue weighted by atomic mass is 16.5. The number of hydrogen-bond acceptors (Lipinski definition) is 3. The number of para-hydroxylation sites is 1. The maximum Gasteiger partial charge on any atom is 0.189 e. The molecule has 2 unspecified atom stereocenters. The molecule has 1 aromatic rings. The van der Waals surface area contributed by atoms with E-state index in [1.807, 2.05) is 18.2 Å². The number of ether oxygens (including phenoxy) is 2. The van der Waals surface area contributed by atoms with Crippen molar-refractivity contribution in [3.8, 4) is 5.75 Å². The number of benzene rings is 1. The van der Waals surface area contributed by atoms with Crippen LogP contribution in [0.2, 0.25) is 0 Å². The van der Waals surface area contributed by atoms with Gasteiger partial charge in [-0.05, 0) is 25.8 Å². The molecular weight excluding hydrogens is 266 g/mol. The van der Waals surface area contributed by atoms with E-state index in [4.69, 9.17) is 15.2 Å². The summed E-state index contributed by atoms with van der Waals surface area (Å²) in [4.78, 5) is 4.46. The first kappa shape index (κ1) is 14.2. The Labute approximate surface area is 125 Å². The highest BCUT2D eigenvalue weighted by molar-refractivity contribution is 5.78. The number of fused-ring (bicyclic) bond motifs is 1. The lowest BCUT2D eigenvalue weighted by Crippen LogP contribution is -2.39. The molecule has 0 bridgehead atoms. The molecule has 21 heavy (non-hydrogen) atoms. The molecule has 3 N–H and O–H groups in total. The lowest BCUT2D eigenvalue weighted by Gasteiger charge is -2.27. The van der Waals surface area contributed by atoms with Gasteiger partial charge < -0.3 is 20.5 Å². The molecule has 1 saturated heterocycles. The normalized spacial score (nSPS) is 28.8. The Bertz CT molecular complexity index is 524. The summed E-state index contributed by atoms with van der Waals surface area (Å²) in [5, 5.41) is 3.31. The number of guanidine groups is 1. The van der Waals surface area contributed by atoms with Crippen LogP contribution in [-0.4, -0.2) is 31.3 Å². The summed E-state index contributed by atoms with van der Waals surface area (Å²) in [6, 6.07) is 8.22. The summed E-state index contributed by atoms with van der Waals surface area (Å²) in [5.41, 5.74) is 7.03. The van der Waals surface area contributed by atoms with Crippen LogP contribution in [0.5, 0.6) is 5.75 Å². The van der Waals surface area contributed by atoms with Crippen LogP contribution in [0.1, 0.15) is 37.8 Å². The van der Waals surface area contributed by atoms with Crippen LogP contribution in [0.3, 0.4) is 0 Å². The van der Waals surface area contributed by atoms with Gasteiger partial charge >= 0.3 is 0 Å². The van der Waals surface area contributed by atoms with E-state index in [1.54, 1.807) is 0 Å². The van der Waals surface area contributed by atoms with Gasteiger partial charge in [0.1, 0.15) is 5.75 Å². The van der Waals surface area contributed by atoms with Gasteiger partial charge in [-0.3, -0.25) is 4.99 Å². The Morgan fingerprint density at radius 2 is 2.29 bits per heavy atom. The van der Waals surface area contributed by atoms with E-state index < -0.39 is 0 Å². The molecule has 2 atom stereocenters. The molecule has 2 heterocycles. The maximum atomic E-state index is 6.04. The van der Waals surface area contributed by atoms with E-state index in [-0.39, 0.29) is 11.6 Å². The first-order chi connectivity index (χ1) is 10.2. The summed E-state index contributed by atoms with van der Waals surface area (Å²) in [6.45, 7) is 4.23. The molecule has 0 saturated carbocycles. The zero-order valence-corrected chi connectivity index (χ0v) is 12.5. The molecule has 2 aliphatic heterocycles. The SMILES string of the molecule is CC1(CN=C(N)NC2CCOc3ccccc32)CCCO1. The predicted molar refractivity (Wildman–Crippen MR) is 82.5 cm³/mol. The Kier molecular flexibility index (Phi) is 4.01. The average Bonchev–Trinajstić information content (AvgIpc) is 2.93. The van der Waals surface area contributed by atoms with Crippen molar-refractivity contribution >= 4 is 5.96 Å². The van der Waals surface area contributed by atoms with Crippen molar-refractivity contribution in [1.82, 2.24) is 5.32 Å². The summed E-state index contributed by atoms with van der Waals surface area (Å²) in [6.07, 6.45) is 3.04.